The number of benzene rings is 1. The molecule has 0 amide bonds. The van der Waals surface area contributed by atoms with Gasteiger partial charge in [-0.15, -0.1) is 11.8 Å². The van der Waals surface area contributed by atoms with E-state index in [-0.39, 0.29) is 5.56 Å². The van der Waals surface area contributed by atoms with E-state index in [9.17, 15) is 9.18 Å². The summed E-state index contributed by atoms with van der Waals surface area (Å²) in [5, 5.41) is 8.69. The molecule has 0 aromatic heterocycles. The summed E-state index contributed by atoms with van der Waals surface area (Å²) >= 11 is 1.43. The molecule has 0 unspecified atom stereocenters. The van der Waals surface area contributed by atoms with Crippen molar-refractivity contribution in [2.45, 2.75) is 4.90 Å². The summed E-state index contributed by atoms with van der Waals surface area (Å²) in [6.45, 7) is 0.574. The van der Waals surface area contributed by atoms with Crippen LogP contribution in [0.25, 0.3) is 0 Å². The van der Waals surface area contributed by atoms with E-state index in [2.05, 4.69) is 0 Å². The minimum atomic E-state index is -1.25. The van der Waals surface area contributed by atoms with Crippen LogP contribution in [0.4, 0.5) is 4.39 Å². The Hall–Kier alpha value is -1.07. The maximum Gasteiger partial charge on any atom is 0.338 e. The Morgan fingerprint density at radius 2 is 2.33 bits per heavy atom. The fourth-order valence-electron chi connectivity index (χ4n) is 1.00. The summed E-state index contributed by atoms with van der Waals surface area (Å²) in [7, 11) is 1.59. The molecule has 1 N–H and O–H groups in total. The van der Waals surface area contributed by atoms with Crippen LogP contribution in [-0.2, 0) is 4.74 Å². The zero-order chi connectivity index (χ0) is 11.3. The molecular weight excluding hydrogens is 219 g/mol. The van der Waals surface area contributed by atoms with Gasteiger partial charge in [-0.2, -0.15) is 0 Å². The van der Waals surface area contributed by atoms with Crippen molar-refractivity contribution < 1.29 is 19.0 Å². The third-order valence-electron chi connectivity index (χ3n) is 1.72. The molecule has 0 aliphatic rings. The standard InChI is InChI=1S/C10H11FO3S/c1-14-4-5-15-7-2-3-9(11)8(6-7)10(12)13/h2-3,6H,4-5H2,1H3,(H,12,13). The van der Waals surface area contributed by atoms with Gasteiger partial charge in [0.25, 0.3) is 0 Å². The highest BCUT2D eigenvalue weighted by molar-refractivity contribution is 7.99. The highest BCUT2D eigenvalue weighted by Gasteiger charge is 2.10. The summed E-state index contributed by atoms with van der Waals surface area (Å²) in [6.07, 6.45) is 0. The van der Waals surface area contributed by atoms with E-state index in [0.29, 0.717) is 12.4 Å². The first kappa shape index (κ1) is 12.0. The van der Waals surface area contributed by atoms with E-state index >= 15 is 0 Å². The molecule has 15 heavy (non-hydrogen) atoms. The number of halogens is 1. The van der Waals surface area contributed by atoms with Gasteiger partial charge in [0, 0.05) is 17.8 Å². The van der Waals surface area contributed by atoms with Crippen molar-refractivity contribution in [3.8, 4) is 0 Å². The molecule has 1 aromatic rings. The normalized spacial score (nSPS) is 10.3. The number of carboxylic acid groups (broad SMARTS) is 1. The monoisotopic (exact) mass is 230 g/mol. The van der Waals surface area contributed by atoms with Crippen LogP contribution in [0, 0.1) is 5.82 Å². The quantitative estimate of drug-likeness (QED) is 0.622. The van der Waals surface area contributed by atoms with E-state index in [1.165, 1.54) is 23.9 Å². The fourth-order valence-corrected chi connectivity index (χ4v) is 1.85. The SMILES string of the molecule is COCCSc1ccc(F)c(C(=O)O)c1. The summed E-state index contributed by atoms with van der Waals surface area (Å²) in [5.74, 6) is -1.25. The Morgan fingerprint density at radius 1 is 1.60 bits per heavy atom. The summed E-state index contributed by atoms with van der Waals surface area (Å²) in [6, 6.07) is 4.05. The Kier molecular flexibility index (Phi) is 4.58. The minimum Gasteiger partial charge on any atom is -0.478 e. The van der Waals surface area contributed by atoms with Crippen molar-refractivity contribution in [2.24, 2.45) is 0 Å². The van der Waals surface area contributed by atoms with Gasteiger partial charge in [-0.1, -0.05) is 0 Å². The number of aromatic carboxylic acids is 1. The predicted octanol–water partition coefficient (Wildman–Crippen LogP) is 2.26. The molecule has 0 radical (unpaired) electrons. The molecule has 0 saturated carbocycles. The van der Waals surface area contributed by atoms with Crippen LogP contribution in [0.3, 0.4) is 0 Å². The number of ether oxygens (including phenoxy) is 1. The average Bonchev–Trinajstić information content (AvgIpc) is 2.20. The van der Waals surface area contributed by atoms with Gasteiger partial charge in [-0.3, -0.25) is 0 Å². The number of carbonyl (C=O) groups is 1. The van der Waals surface area contributed by atoms with Gasteiger partial charge in [-0.05, 0) is 18.2 Å². The molecule has 0 aliphatic heterocycles. The molecule has 1 rings (SSSR count). The van der Waals surface area contributed by atoms with Crippen LogP contribution in [-0.4, -0.2) is 30.5 Å². The molecular formula is C10H11FO3S. The lowest BCUT2D eigenvalue weighted by atomic mass is 10.2. The van der Waals surface area contributed by atoms with Crippen LogP contribution in [0.2, 0.25) is 0 Å². The molecule has 0 fully saturated rings. The van der Waals surface area contributed by atoms with Crippen LogP contribution in [0.15, 0.2) is 23.1 Å². The van der Waals surface area contributed by atoms with Crippen molar-refractivity contribution >= 4 is 17.7 Å². The average molecular weight is 230 g/mol. The van der Waals surface area contributed by atoms with E-state index in [1.807, 2.05) is 0 Å². The maximum atomic E-state index is 13.0. The van der Waals surface area contributed by atoms with Gasteiger partial charge < -0.3 is 9.84 Å². The fraction of sp³-hybridized carbons (Fsp3) is 0.300. The Balaban J connectivity index is 2.74. The van der Waals surface area contributed by atoms with Crippen molar-refractivity contribution in [3.63, 3.8) is 0 Å². The molecule has 1 aromatic carbocycles. The van der Waals surface area contributed by atoms with Crippen LogP contribution < -0.4 is 0 Å². The van der Waals surface area contributed by atoms with Gasteiger partial charge >= 0.3 is 5.97 Å². The second-order valence-electron chi connectivity index (χ2n) is 2.79. The zero-order valence-electron chi connectivity index (χ0n) is 8.20. The molecule has 0 aliphatic carbocycles. The van der Waals surface area contributed by atoms with Crippen molar-refractivity contribution in [2.75, 3.05) is 19.5 Å². The molecule has 0 bridgehead atoms. The highest BCUT2D eigenvalue weighted by Crippen LogP contribution is 2.20. The number of thioether (sulfide) groups is 1. The summed E-state index contributed by atoms with van der Waals surface area (Å²) in [5.41, 5.74) is -0.294. The first-order valence-electron chi connectivity index (χ1n) is 4.29. The second-order valence-corrected chi connectivity index (χ2v) is 3.96. The number of carboxylic acids is 1. The van der Waals surface area contributed by atoms with E-state index in [4.69, 9.17) is 9.84 Å². The number of methoxy groups -OCH3 is 1. The van der Waals surface area contributed by atoms with Crippen LogP contribution in [0.1, 0.15) is 10.4 Å². The Labute approximate surface area is 91.2 Å². The lowest BCUT2D eigenvalue weighted by molar-refractivity contribution is 0.0691. The molecule has 82 valence electrons. The number of hydrogen-bond acceptors (Lipinski definition) is 3. The smallest absolute Gasteiger partial charge is 0.338 e. The van der Waals surface area contributed by atoms with Crippen LogP contribution in [0.5, 0.6) is 0 Å². The molecule has 3 nitrogen and oxygen atoms in total. The van der Waals surface area contributed by atoms with Crippen molar-refractivity contribution in [3.05, 3.63) is 29.6 Å². The molecule has 5 heteroatoms. The minimum absolute atomic E-state index is 0.294. The van der Waals surface area contributed by atoms with Gasteiger partial charge in [0.2, 0.25) is 0 Å². The molecule has 0 saturated heterocycles. The number of hydrogen-bond donors (Lipinski definition) is 1. The van der Waals surface area contributed by atoms with E-state index in [0.717, 1.165) is 4.90 Å². The Morgan fingerprint density at radius 3 is 2.93 bits per heavy atom. The Bertz CT molecular complexity index is 355. The van der Waals surface area contributed by atoms with Gasteiger partial charge in [0.1, 0.15) is 5.82 Å². The molecule has 0 heterocycles. The zero-order valence-corrected chi connectivity index (χ0v) is 9.01. The van der Waals surface area contributed by atoms with Gasteiger partial charge in [-0.25, -0.2) is 9.18 Å². The van der Waals surface area contributed by atoms with Gasteiger partial charge in [0.15, 0.2) is 0 Å². The topological polar surface area (TPSA) is 46.5 Å². The number of rotatable bonds is 5. The first-order valence-corrected chi connectivity index (χ1v) is 5.28. The third-order valence-corrected chi connectivity index (χ3v) is 2.68. The first-order chi connectivity index (χ1) is 7.15. The second kappa shape index (κ2) is 5.72. The summed E-state index contributed by atoms with van der Waals surface area (Å²) < 4.78 is 17.8. The van der Waals surface area contributed by atoms with Crippen molar-refractivity contribution in [1.29, 1.82) is 0 Å². The highest BCUT2D eigenvalue weighted by atomic mass is 32.2. The lowest BCUT2D eigenvalue weighted by Gasteiger charge is -2.03. The summed E-state index contributed by atoms with van der Waals surface area (Å²) in [4.78, 5) is 11.4. The van der Waals surface area contributed by atoms with Gasteiger partial charge in [0.05, 0.1) is 12.2 Å². The largest absolute Gasteiger partial charge is 0.478 e. The van der Waals surface area contributed by atoms with E-state index < -0.39 is 11.8 Å². The van der Waals surface area contributed by atoms with E-state index in [1.54, 1.807) is 13.2 Å². The molecule has 0 spiro atoms. The van der Waals surface area contributed by atoms with Crippen molar-refractivity contribution in [1.82, 2.24) is 0 Å². The predicted molar refractivity (Wildman–Crippen MR) is 56.0 cm³/mol. The third kappa shape index (κ3) is 3.53. The molecule has 0 atom stereocenters. The lowest BCUT2D eigenvalue weighted by Crippen LogP contribution is -2.00. The van der Waals surface area contributed by atoms with Crippen LogP contribution >= 0.6 is 11.8 Å². The maximum absolute atomic E-state index is 13.0.